The van der Waals surface area contributed by atoms with Gasteiger partial charge in [0.25, 0.3) is 0 Å². The van der Waals surface area contributed by atoms with Crippen LogP contribution in [0.1, 0.15) is 22.8 Å². The first-order valence-corrected chi connectivity index (χ1v) is 7.41. The summed E-state index contributed by atoms with van der Waals surface area (Å²) in [6.07, 6.45) is 3.29. The Bertz CT molecular complexity index is 791. The number of benzene rings is 2. The number of hydrogen-bond donors (Lipinski definition) is 1. The number of pyridine rings is 1. The maximum absolute atomic E-state index is 10.6. The van der Waals surface area contributed by atoms with E-state index >= 15 is 0 Å². The van der Waals surface area contributed by atoms with Crippen molar-refractivity contribution in [2.45, 2.75) is 18.9 Å². The highest BCUT2D eigenvalue weighted by Crippen LogP contribution is 2.38. The Morgan fingerprint density at radius 3 is 2.76 bits per heavy atom. The van der Waals surface area contributed by atoms with Gasteiger partial charge in [-0.1, -0.05) is 48.5 Å². The first kappa shape index (κ1) is 12.5. The van der Waals surface area contributed by atoms with E-state index in [-0.39, 0.29) is 12.0 Å². The predicted molar refractivity (Wildman–Crippen MR) is 84.0 cm³/mol. The number of aromatic nitrogens is 1. The monoisotopic (exact) mass is 275 g/mol. The molecule has 1 aliphatic carbocycles. The summed E-state index contributed by atoms with van der Waals surface area (Å²) in [6.45, 7) is 0. The van der Waals surface area contributed by atoms with Gasteiger partial charge in [0, 0.05) is 11.6 Å². The van der Waals surface area contributed by atoms with Crippen LogP contribution in [0.5, 0.6) is 0 Å². The Balaban J connectivity index is 1.68. The summed E-state index contributed by atoms with van der Waals surface area (Å²) in [5.74, 6) is 0.245. The Morgan fingerprint density at radius 1 is 1.00 bits per heavy atom. The second-order valence-corrected chi connectivity index (χ2v) is 5.80. The molecule has 2 nitrogen and oxygen atoms in total. The van der Waals surface area contributed by atoms with Crippen molar-refractivity contribution in [1.82, 2.24) is 4.98 Å². The van der Waals surface area contributed by atoms with Crippen LogP contribution in [0, 0.1) is 5.92 Å². The van der Waals surface area contributed by atoms with E-state index in [2.05, 4.69) is 35.3 Å². The average Bonchev–Trinajstić information content (AvgIpc) is 2.85. The molecule has 2 aromatic carbocycles. The first-order chi connectivity index (χ1) is 10.3. The van der Waals surface area contributed by atoms with Gasteiger partial charge in [0.15, 0.2) is 0 Å². The van der Waals surface area contributed by atoms with Gasteiger partial charge in [-0.2, -0.15) is 0 Å². The third kappa shape index (κ3) is 2.12. The number of fused-ring (bicyclic) bond motifs is 2. The SMILES string of the molecule is OC1c2ccccc2CC1Cc1cccc2cccnc12. The Kier molecular flexibility index (Phi) is 2.97. The van der Waals surface area contributed by atoms with Crippen LogP contribution >= 0.6 is 0 Å². The number of nitrogens with zero attached hydrogens (tertiary/aromatic N) is 1. The topological polar surface area (TPSA) is 33.1 Å². The molecular formula is C19H17NO. The van der Waals surface area contributed by atoms with Gasteiger partial charge in [0.1, 0.15) is 0 Å². The van der Waals surface area contributed by atoms with Crippen molar-refractivity contribution in [3.8, 4) is 0 Å². The van der Waals surface area contributed by atoms with E-state index in [4.69, 9.17) is 0 Å². The number of para-hydroxylation sites is 1. The highest BCUT2D eigenvalue weighted by molar-refractivity contribution is 5.81. The van der Waals surface area contributed by atoms with Gasteiger partial charge < -0.3 is 5.11 Å². The molecule has 2 atom stereocenters. The lowest BCUT2D eigenvalue weighted by Crippen LogP contribution is -2.11. The van der Waals surface area contributed by atoms with Gasteiger partial charge in [-0.3, -0.25) is 4.98 Å². The maximum Gasteiger partial charge on any atom is 0.0827 e. The zero-order chi connectivity index (χ0) is 14.2. The van der Waals surface area contributed by atoms with Crippen LogP contribution in [0.25, 0.3) is 10.9 Å². The van der Waals surface area contributed by atoms with Crippen molar-refractivity contribution in [3.05, 3.63) is 77.5 Å². The molecule has 0 aliphatic heterocycles. The van der Waals surface area contributed by atoms with Gasteiger partial charge in [0.05, 0.1) is 11.6 Å². The lowest BCUT2D eigenvalue weighted by atomic mass is 9.93. The Morgan fingerprint density at radius 2 is 1.86 bits per heavy atom. The molecule has 1 heterocycles. The molecule has 3 aromatic rings. The van der Waals surface area contributed by atoms with Crippen molar-refractivity contribution in [2.75, 3.05) is 0 Å². The normalized spacial score (nSPS) is 20.6. The van der Waals surface area contributed by atoms with Crippen molar-refractivity contribution in [2.24, 2.45) is 5.92 Å². The fourth-order valence-corrected chi connectivity index (χ4v) is 3.46. The fourth-order valence-electron chi connectivity index (χ4n) is 3.46. The predicted octanol–water partition coefficient (Wildman–Crippen LogP) is 3.68. The Hall–Kier alpha value is -2.19. The molecule has 104 valence electrons. The van der Waals surface area contributed by atoms with Gasteiger partial charge >= 0.3 is 0 Å². The van der Waals surface area contributed by atoms with Gasteiger partial charge in [0.2, 0.25) is 0 Å². The zero-order valence-corrected chi connectivity index (χ0v) is 11.7. The van der Waals surface area contributed by atoms with Crippen LogP contribution in [0.4, 0.5) is 0 Å². The summed E-state index contributed by atoms with van der Waals surface area (Å²) >= 11 is 0. The molecule has 1 N–H and O–H groups in total. The highest BCUT2D eigenvalue weighted by atomic mass is 16.3. The Labute approximate surface area is 124 Å². The van der Waals surface area contributed by atoms with E-state index in [1.807, 2.05) is 30.5 Å². The van der Waals surface area contributed by atoms with Gasteiger partial charge in [-0.15, -0.1) is 0 Å². The molecule has 2 unspecified atom stereocenters. The van der Waals surface area contributed by atoms with E-state index in [9.17, 15) is 5.11 Å². The largest absolute Gasteiger partial charge is 0.388 e. The third-order valence-electron chi connectivity index (χ3n) is 4.50. The minimum atomic E-state index is -0.361. The van der Waals surface area contributed by atoms with Crippen LogP contribution in [-0.2, 0) is 12.8 Å². The summed E-state index contributed by atoms with van der Waals surface area (Å²) in [6, 6.07) is 18.6. The van der Waals surface area contributed by atoms with Crippen LogP contribution in [-0.4, -0.2) is 10.1 Å². The highest BCUT2D eigenvalue weighted by Gasteiger charge is 2.30. The number of hydrogen-bond acceptors (Lipinski definition) is 2. The minimum absolute atomic E-state index is 0.245. The van der Waals surface area contributed by atoms with E-state index in [0.717, 1.165) is 23.9 Å². The van der Waals surface area contributed by atoms with Gasteiger partial charge in [-0.05, 0) is 41.5 Å². The number of aliphatic hydroxyl groups excluding tert-OH is 1. The molecule has 1 aliphatic rings. The standard InChI is InChI=1S/C19H17NO/c21-19-16(11-14-5-1-2-9-17(14)19)12-15-7-3-6-13-8-4-10-20-18(13)15/h1-10,16,19,21H,11-12H2. The van der Waals surface area contributed by atoms with Gasteiger partial charge in [-0.25, -0.2) is 0 Å². The van der Waals surface area contributed by atoms with Crippen molar-refractivity contribution in [3.63, 3.8) is 0 Å². The molecule has 1 aromatic heterocycles. The van der Waals surface area contributed by atoms with Crippen molar-refractivity contribution >= 4 is 10.9 Å². The quantitative estimate of drug-likeness (QED) is 0.774. The molecule has 4 rings (SSSR count). The first-order valence-electron chi connectivity index (χ1n) is 7.41. The number of aliphatic hydroxyl groups is 1. The van der Waals surface area contributed by atoms with E-state index in [1.165, 1.54) is 16.5 Å². The van der Waals surface area contributed by atoms with Crippen LogP contribution in [0.2, 0.25) is 0 Å². The average molecular weight is 275 g/mol. The lowest BCUT2D eigenvalue weighted by Gasteiger charge is -2.16. The summed E-state index contributed by atoms with van der Waals surface area (Å²) in [5, 5.41) is 11.7. The molecule has 21 heavy (non-hydrogen) atoms. The lowest BCUT2D eigenvalue weighted by molar-refractivity contribution is 0.123. The molecule has 0 saturated heterocycles. The van der Waals surface area contributed by atoms with E-state index < -0.39 is 0 Å². The van der Waals surface area contributed by atoms with Crippen LogP contribution < -0.4 is 0 Å². The molecule has 2 heteroatoms. The zero-order valence-electron chi connectivity index (χ0n) is 11.7. The molecule has 0 spiro atoms. The molecule has 0 fully saturated rings. The summed E-state index contributed by atoms with van der Waals surface area (Å²) in [7, 11) is 0. The summed E-state index contributed by atoms with van der Waals surface area (Å²) in [4.78, 5) is 4.52. The second-order valence-electron chi connectivity index (χ2n) is 5.80. The molecule has 0 amide bonds. The molecule has 0 radical (unpaired) electrons. The molecule has 0 bridgehead atoms. The van der Waals surface area contributed by atoms with Crippen molar-refractivity contribution < 1.29 is 5.11 Å². The smallest absolute Gasteiger partial charge is 0.0827 e. The van der Waals surface area contributed by atoms with Crippen LogP contribution in [0.3, 0.4) is 0 Å². The molecular weight excluding hydrogens is 258 g/mol. The minimum Gasteiger partial charge on any atom is -0.388 e. The third-order valence-corrected chi connectivity index (χ3v) is 4.50. The van der Waals surface area contributed by atoms with E-state index in [0.29, 0.717) is 0 Å². The summed E-state index contributed by atoms with van der Waals surface area (Å²) < 4.78 is 0. The van der Waals surface area contributed by atoms with Crippen molar-refractivity contribution in [1.29, 1.82) is 0 Å². The fraction of sp³-hybridized carbons (Fsp3) is 0.211. The second kappa shape index (κ2) is 4.97. The maximum atomic E-state index is 10.6. The van der Waals surface area contributed by atoms with Crippen LogP contribution in [0.15, 0.2) is 60.8 Å². The number of rotatable bonds is 2. The molecule has 0 saturated carbocycles. The van der Waals surface area contributed by atoms with E-state index in [1.54, 1.807) is 0 Å². The summed E-state index contributed by atoms with van der Waals surface area (Å²) in [5.41, 5.74) is 4.66.